The van der Waals surface area contributed by atoms with Crippen molar-refractivity contribution in [2.75, 3.05) is 19.8 Å². The maximum absolute atomic E-state index is 12.4. The minimum Gasteiger partial charge on any atom is -0.692 e. The third-order valence-corrected chi connectivity index (χ3v) is 3.30. The molecule has 1 aromatic heterocycles. The van der Waals surface area contributed by atoms with Crippen LogP contribution < -0.4 is 20.1 Å². The van der Waals surface area contributed by atoms with Gasteiger partial charge in [0, 0.05) is 12.6 Å². The van der Waals surface area contributed by atoms with Gasteiger partial charge in [0.2, 0.25) is 11.0 Å². The molecule has 2 aromatic carbocycles. The minimum atomic E-state index is 0.363. The first-order valence-corrected chi connectivity index (χ1v) is 7.42. The molecule has 0 atom stereocenters. The van der Waals surface area contributed by atoms with Gasteiger partial charge in [0.15, 0.2) is 11.5 Å². The Bertz CT molecular complexity index is 816. The first-order chi connectivity index (χ1) is 11.2. The Hall–Kier alpha value is -2.80. The van der Waals surface area contributed by atoms with E-state index in [0.717, 1.165) is 4.85 Å². The molecule has 2 N–H and O–H groups in total. The van der Waals surface area contributed by atoms with Gasteiger partial charge in [-0.2, -0.15) is 0 Å². The highest BCUT2D eigenvalue weighted by Crippen LogP contribution is 2.29. The van der Waals surface area contributed by atoms with Crippen LogP contribution in [0.3, 0.4) is 0 Å². The monoisotopic (exact) mass is 314 g/mol. The fraction of sp³-hybridized carbons (Fsp3) is 0.250. The summed E-state index contributed by atoms with van der Waals surface area (Å²) < 4.78 is 11.1. The fourth-order valence-corrected chi connectivity index (χ4v) is 2.30. The second kappa shape index (κ2) is 6.53. The molecule has 0 bridgehead atoms. The molecule has 0 saturated carbocycles. The van der Waals surface area contributed by atoms with Crippen LogP contribution in [-0.4, -0.2) is 29.7 Å². The van der Waals surface area contributed by atoms with Gasteiger partial charge in [-0.1, -0.05) is 12.1 Å². The molecule has 120 valence electrons. The van der Waals surface area contributed by atoms with Crippen molar-refractivity contribution in [2.45, 2.75) is 6.92 Å². The van der Waals surface area contributed by atoms with E-state index in [9.17, 15) is 5.21 Å². The molecule has 0 fully saturated rings. The van der Waals surface area contributed by atoms with Crippen LogP contribution in [0.25, 0.3) is 16.7 Å². The van der Waals surface area contributed by atoms with Crippen LogP contribution in [-0.2, 0) is 0 Å². The van der Waals surface area contributed by atoms with Crippen molar-refractivity contribution in [3.63, 3.8) is 0 Å². The van der Waals surface area contributed by atoms with E-state index in [0.29, 0.717) is 48.0 Å². The average Bonchev–Trinajstić information content (AvgIpc) is 2.91. The molecule has 0 saturated heterocycles. The van der Waals surface area contributed by atoms with E-state index in [1.807, 2.05) is 13.0 Å². The molecule has 0 unspecified atom stereocenters. The fourth-order valence-electron chi connectivity index (χ4n) is 2.30. The lowest BCUT2D eigenvalue weighted by Crippen LogP contribution is -2.37. The lowest BCUT2D eigenvalue weighted by molar-refractivity contribution is -0.664. The number of hydrogen-bond donors (Lipinski definition) is 1. The highest BCUT2D eigenvalue weighted by atomic mass is 16.5. The van der Waals surface area contributed by atoms with Gasteiger partial charge in [0.25, 0.3) is 0 Å². The quantitative estimate of drug-likeness (QED) is 0.548. The number of nitrogens with zero attached hydrogens (tertiary/aromatic N) is 3. The topological polar surface area (TPSA) is 89.2 Å². The predicted octanol–water partition coefficient (Wildman–Crippen LogP) is 1.40. The van der Waals surface area contributed by atoms with Crippen molar-refractivity contribution < 1.29 is 14.3 Å². The molecule has 0 spiro atoms. The maximum atomic E-state index is 12.4. The van der Waals surface area contributed by atoms with E-state index in [1.54, 1.807) is 36.4 Å². The van der Waals surface area contributed by atoms with E-state index < -0.39 is 0 Å². The minimum absolute atomic E-state index is 0.363. The number of ether oxygens (including phenoxy) is 2. The van der Waals surface area contributed by atoms with Crippen molar-refractivity contribution in [1.82, 2.24) is 9.90 Å². The first kappa shape index (κ1) is 15.1. The van der Waals surface area contributed by atoms with Gasteiger partial charge in [-0.25, -0.2) is 0 Å². The van der Waals surface area contributed by atoms with Crippen LogP contribution in [0.15, 0.2) is 42.5 Å². The van der Waals surface area contributed by atoms with Gasteiger partial charge in [0.05, 0.1) is 11.7 Å². The lowest BCUT2D eigenvalue weighted by atomic mass is 10.3. The molecule has 0 aliphatic heterocycles. The van der Waals surface area contributed by atoms with E-state index >= 15 is 0 Å². The standard InChI is InChI=1S/C16H18N4O3/c1-2-22-15-8-7-12(11-16(15)23-10-9-17)19-18-13-5-3-4-6-14(13)20(19)21/h3-8,11H,2,9-10,17H2,1H3. The average molecular weight is 314 g/mol. The lowest BCUT2D eigenvalue weighted by Gasteiger charge is -2.12. The summed E-state index contributed by atoms with van der Waals surface area (Å²) in [6, 6.07) is 12.4. The Morgan fingerprint density at radius 2 is 2.00 bits per heavy atom. The number of nitrogens with two attached hydrogens (primary N) is 1. The van der Waals surface area contributed by atoms with E-state index in [2.05, 4.69) is 5.10 Å². The Labute approximate surface area is 133 Å². The molecule has 3 rings (SSSR count). The summed E-state index contributed by atoms with van der Waals surface area (Å²) in [6.07, 6.45) is 0. The summed E-state index contributed by atoms with van der Waals surface area (Å²) >= 11 is 0. The molecule has 1 heterocycles. The van der Waals surface area contributed by atoms with Gasteiger partial charge < -0.3 is 20.4 Å². The van der Waals surface area contributed by atoms with Crippen molar-refractivity contribution in [3.8, 4) is 17.2 Å². The zero-order valence-corrected chi connectivity index (χ0v) is 12.8. The third kappa shape index (κ3) is 2.91. The molecule has 23 heavy (non-hydrogen) atoms. The van der Waals surface area contributed by atoms with E-state index in [1.165, 1.54) is 4.80 Å². The number of hydrogen-bond acceptors (Lipinski definition) is 5. The Morgan fingerprint density at radius 3 is 2.74 bits per heavy atom. The summed E-state index contributed by atoms with van der Waals surface area (Å²) in [5.41, 5.74) is 7.21. The van der Waals surface area contributed by atoms with Crippen LogP contribution >= 0.6 is 0 Å². The second-order valence-electron chi connectivity index (χ2n) is 4.85. The predicted molar refractivity (Wildman–Crippen MR) is 85.7 cm³/mol. The van der Waals surface area contributed by atoms with E-state index in [4.69, 9.17) is 15.2 Å². The smallest absolute Gasteiger partial charge is 0.250 e. The van der Waals surface area contributed by atoms with Gasteiger partial charge in [0.1, 0.15) is 12.3 Å². The largest absolute Gasteiger partial charge is 0.692 e. The van der Waals surface area contributed by atoms with Gasteiger partial charge in [-0.3, -0.25) is 0 Å². The third-order valence-electron chi connectivity index (χ3n) is 3.30. The first-order valence-electron chi connectivity index (χ1n) is 7.42. The molecule has 0 amide bonds. The molecule has 0 radical (unpaired) electrons. The van der Waals surface area contributed by atoms with Crippen LogP contribution in [0.2, 0.25) is 0 Å². The number of para-hydroxylation sites is 1. The number of benzene rings is 2. The van der Waals surface area contributed by atoms with Crippen molar-refractivity contribution in [1.29, 1.82) is 0 Å². The Kier molecular flexibility index (Phi) is 4.29. The molecular formula is C16H18N4O3. The zero-order valence-electron chi connectivity index (χ0n) is 12.8. The van der Waals surface area contributed by atoms with Gasteiger partial charge in [-0.05, 0) is 36.0 Å². The Morgan fingerprint density at radius 1 is 1.17 bits per heavy atom. The molecular weight excluding hydrogens is 296 g/mol. The maximum Gasteiger partial charge on any atom is 0.250 e. The van der Waals surface area contributed by atoms with Crippen LogP contribution in [0.5, 0.6) is 11.5 Å². The summed E-state index contributed by atoms with van der Waals surface area (Å²) in [5, 5.41) is 16.7. The summed E-state index contributed by atoms with van der Waals surface area (Å²) in [5.74, 6) is 1.15. The number of rotatable bonds is 6. The second-order valence-corrected chi connectivity index (χ2v) is 4.85. The SMILES string of the molecule is CCOc1ccc(-n2nc3ccccc3[n+]2[O-])cc1OCCN. The van der Waals surface area contributed by atoms with Crippen molar-refractivity contribution >= 4 is 11.0 Å². The van der Waals surface area contributed by atoms with Gasteiger partial charge in [-0.15, -0.1) is 4.85 Å². The zero-order chi connectivity index (χ0) is 16.2. The molecule has 7 heteroatoms. The summed E-state index contributed by atoms with van der Waals surface area (Å²) in [6.45, 7) is 3.17. The highest BCUT2D eigenvalue weighted by Gasteiger charge is 2.17. The summed E-state index contributed by atoms with van der Waals surface area (Å²) in [4.78, 5) is 2.04. The normalized spacial score (nSPS) is 10.9. The van der Waals surface area contributed by atoms with E-state index in [-0.39, 0.29) is 0 Å². The molecule has 7 nitrogen and oxygen atoms in total. The number of aromatic nitrogens is 3. The van der Waals surface area contributed by atoms with Crippen LogP contribution in [0, 0.1) is 5.21 Å². The van der Waals surface area contributed by atoms with Crippen LogP contribution in [0.4, 0.5) is 0 Å². The van der Waals surface area contributed by atoms with Crippen LogP contribution in [0.1, 0.15) is 6.92 Å². The Balaban J connectivity index is 2.05. The summed E-state index contributed by atoms with van der Waals surface area (Å²) in [7, 11) is 0. The van der Waals surface area contributed by atoms with Crippen molar-refractivity contribution in [2.24, 2.45) is 5.73 Å². The molecule has 0 aliphatic rings. The molecule has 3 aromatic rings. The van der Waals surface area contributed by atoms with Gasteiger partial charge >= 0.3 is 0 Å². The highest BCUT2D eigenvalue weighted by molar-refractivity contribution is 5.70. The van der Waals surface area contributed by atoms with Crippen molar-refractivity contribution in [3.05, 3.63) is 47.7 Å². The molecule has 0 aliphatic carbocycles. The number of fused-ring (bicyclic) bond motifs is 1.